The molecule has 0 saturated heterocycles. The Balaban J connectivity index is 2.33. The zero-order valence-electron chi connectivity index (χ0n) is 10.6. The molecule has 0 heterocycles. The van der Waals surface area contributed by atoms with Gasteiger partial charge in [0, 0.05) is 18.8 Å². The molecule has 1 rings (SSSR count). The van der Waals surface area contributed by atoms with Crippen LogP contribution < -0.4 is 10.6 Å². The van der Waals surface area contributed by atoms with E-state index in [9.17, 15) is 4.79 Å². The molecule has 0 saturated carbocycles. The van der Waals surface area contributed by atoms with Gasteiger partial charge in [-0.3, -0.25) is 4.79 Å². The molecule has 4 nitrogen and oxygen atoms in total. The van der Waals surface area contributed by atoms with E-state index in [1.165, 1.54) is 5.56 Å². The van der Waals surface area contributed by atoms with E-state index in [1.807, 2.05) is 38.1 Å². The van der Waals surface area contributed by atoms with E-state index in [2.05, 4.69) is 10.6 Å². The molecule has 1 aromatic rings. The highest BCUT2D eigenvalue weighted by molar-refractivity contribution is 5.80. The Morgan fingerprint density at radius 1 is 1.47 bits per heavy atom. The lowest BCUT2D eigenvalue weighted by Gasteiger charge is -2.13. The molecule has 0 aliphatic rings. The summed E-state index contributed by atoms with van der Waals surface area (Å²) in [6.45, 7) is 4.73. The minimum absolute atomic E-state index is 0.0314. The van der Waals surface area contributed by atoms with Crippen LogP contribution in [0.25, 0.3) is 0 Å². The van der Waals surface area contributed by atoms with E-state index >= 15 is 0 Å². The van der Waals surface area contributed by atoms with Crippen molar-refractivity contribution in [3.8, 4) is 0 Å². The van der Waals surface area contributed by atoms with Crippen molar-refractivity contribution in [2.24, 2.45) is 0 Å². The van der Waals surface area contributed by atoms with E-state index in [1.54, 1.807) is 7.11 Å². The summed E-state index contributed by atoms with van der Waals surface area (Å²) in [5, 5.41) is 5.92. The van der Waals surface area contributed by atoms with E-state index in [0.717, 1.165) is 5.69 Å². The summed E-state index contributed by atoms with van der Waals surface area (Å²) in [6, 6.07) is 7.96. The second kappa shape index (κ2) is 6.91. The van der Waals surface area contributed by atoms with Gasteiger partial charge in [-0.15, -0.1) is 0 Å². The molecule has 1 amide bonds. The van der Waals surface area contributed by atoms with Crippen LogP contribution in [0.1, 0.15) is 12.5 Å². The minimum Gasteiger partial charge on any atom is -0.383 e. The summed E-state index contributed by atoms with van der Waals surface area (Å²) < 4.78 is 4.95. The SMILES string of the molecule is COCC(C)NC(=O)CNc1cccc(C)c1. The number of aryl methyl sites for hydroxylation is 1. The van der Waals surface area contributed by atoms with Crippen molar-refractivity contribution in [3.05, 3.63) is 29.8 Å². The lowest BCUT2D eigenvalue weighted by molar-refractivity contribution is -0.120. The van der Waals surface area contributed by atoms with Crippen LogP contribution in [0.2, 0.25) is 0 Å². The number of hydrogen-bond acceptors (Lipinski definition) is 3. The Hall–Kier alpha value is -1.55. The van der Waals surface area contributed by atoms with Gasteiger partial charge in [-0.05, 0) is 31.5 Å². The number of hydrogen-bond donors (Lipinski definition) is 2. The third-order valence-corrected chi connectivity index (χ3v) is 2.30. The summed E-state index contributed by atoms with van der Waals surface area (Å²) in [7, 11) is 1.62. The van der Waals surface area contributed by atoms with Gasteiger partial charge in [0.05, 0.1) is 13.2 Å². The highest BCUT2D eigenvalue weighted by Crippen LogP contribution is 2.08. The van der Waals surface area contributed by atoms with Gasteiger partial charge in [0.2, 0.25) is 5.91 Å². The van der Waals surface area contributed by atoms with Crippen molar-refractivity contribution in [2.45, 2.75) is 19.9 Å². The molecule has 0 aliphatic carbocycles. The Morgan fingerprint density at radius 3 is 2.88 bits per heavy atom. The summed E-state index contributed by atoms with van der Waals surface area (Å²) in [6.07, 6.45) is 0. The van der Waals surface area contributed by atoms with Gasteiger partial charge in [-0.1, -0.05) is 12.1 Å². The molecule has 2 N–H and O–H groups in total. The molecule has 0 aliphatic heterocycles. The largest absolute Gasteiger partial charge is 0.383 e. The number of methoxy groups -OCH3 is 1. The number of anilines is 1. The number of amides is 1. The van der Waals surface area contributed by atoms with Crippen molar-refractivity contribution in [3.63, 3.8) is 0 Å². The van der Waals surface area contributed by atoms with Crippen LogP contribution in [0, 0.1) is 6.92 Å². The van der Waals surface area contributed by atoms with Crippen molar-refractivity contribution in [1.82, 2.24) is 5.32 Å². The first kappa shape index (κ1) is 13.5. The molecule has 0 aromatic heterocycles. The number of ether oxygens (including phenoxy) is 1. The Labute approximate surface area is 102 Å². The molecule has 1 aromatic carbocycles. The lowest BCUT2D eigenvalue weighted by Crippen LogP contribution is -2.39. The normalized spacial score (nSPS) is 11.9. The van der Waals surface area contributed by atoms with Crippen molar-refractivity contribution in [2.75, 3.05) is 25.6 Å². The average Bonchev–Trinajstić information content (AvgIpc) is 2.27. The van der Waals surface area contributed by atoms with Gasteiger partial charge < -0.3 is 15.4 Å². The highest BCUT2D eigenvalue weighted by atomic mass is 16.5. The maximum Gasteiger partial charge on any atom is 0.239 e. The van der Waals surface area contributed by atoms with Crippen molar-refractivity contribution < 1.29 is 9.53 Å². The summed E-state index contributed by atoms with van der Waals surface area (Å²) in [5.74, 6) is -0.0314. The van der Waals surface area contributed by atoms with Crippen LogP contribution in [0.4, 0.5) is 5.69 Å². The van der Waals surface area contributed by atoms with Gasteiger partial charge in [0.15, 0.2) is 0 Å². The number of carbonyl (C=O) groups is 1. The zero-order chi connectivity index (χ0) is 12.7. The van der Waals surface area contributed by atoms with E-state index in [0.29, 0.717) is 6.61 Å². The third kappa shape index (κ3) is 5.36. The summed E-state index contributed by atoms with van der Waals surface area (Å²) in [5.41, 5.74) is 2.13. The van der Waals surface area contributed by atoms with Crippen LogP contribution in [0.15, 0.2) is 24.3 Å². The first-order chi connectivity index (χ1) is 8.11. The number of benzene rings is 1. The molecule has 0 radical (unpaired) electrons. The van der Waals surface area contributed by atoms with Crippen molar-refractivity contribution in [1.29, 1.82) is 0 Å². The molecule has 1 unspecified atom stereocenters. The number of carbonyl (C=O) groups excluding carboxylic acids is 1. The van der Waals surface area contributed by atoms with Gasteiger partial charge >= 0.3 is 0 Å². The lowest BCUT2D eigenvalue weighted by atomic mass is 10.2. The zero-order valence-corrected chi connectivity index (χ0v) is 10.6. The maximum atomic E-state index is 11.6. The first-order valence-electron chi connectivity index (χ1n) is 5.70. The first-order valence-corrected chi connectivity index (χ1v) is 5.70. The molecule has 4 heteroatoms. The average molecular weight is 236 g/mol. The Bertz CT molecular complexity index is 366. The highest BCUT2D eigenvalue weighted by Gasteiger charge is 2.06. The quantitative estimate of drug-likeness (QED) is 0.788. The Morgan fingerprint density at radius 2 is 2.24 bits per heavy atom. The Kier molecular flexibility index (Phi) is 5.49. The fourth-order valence-corrected chi connectivity index (χ4v) is 1.55. The predicted molar refractivity (Wildman–Crippen MR) is 69.1 cm³/mol. The van der Waals surface area contributed by atoms with Crippen LogP contribution in [-0.2, 0) is 9.53 Å². The predicted octanol–water partition coefficient (Wildman–Crippen LogP) is 1.56. The van der Waals surface area contributed by atoms with Crippen LogP contribution in [0.5, 0.6) is 0 Å². The fourth-order valence-electron chi connectivity index (χ4n) is 1.55. The van der Waals surface area contributed by atoms with E-state index in [4.69, 9.17) is 4.74 Å². The topological polar surface area (TPSA) is 50.4 Å². The summed E-state index contributed by atoms with van der Waals surface area (Å²) >= 11 is 0. The van der Waals surface area contributed by atoms with Crippen LogP contribution in [-0.4, -0.2) is 32.2 Å². The van der Waals surface area contributed by atoms with E-state index < -0.39 is 0 Å². The molecule has 0 bridgehead atoms. The second-order valence-corrected chi connectivity index (χ2v) is 4.15. The van der Waals surface area contributed by atoms with Crippen LogP contribution >= 0.6 is 0 Å². The number of nitrogens with one attached hydrogen (secondary N) is 2. The number of rotatable bonds is 6. The molecular formula is C13H20N2O2. The van der Waals surface area contributed by atoms with Gasteiger partial charge in [0.25, 0.3) is 0 Å². The maximum absolute atomic E-state index is 11.6. The molecule has 0 fully saturated rings. The standard InChI is InChI=1S/C13H20N2O2/c1-10-5-4-6-12(7-10)14-8-13(16)15-11(2)9-17-3/h4-7,11,14H,8-9H2,1-3H3,(H,15,16). The second-order valence-electron chi connectivity index (χ2n) is 4.15. The van der Waals surface area contributed by atoms with Gasteiger partial charge in [-0.2, -0.15) is 0 Å². The van der Waals surface area contributed by atoms with Gasteiger partial charge in [0.1, 0.15) is 0 Å². The van der Waals surface area contributed by atoms with E-state index in [-0.39, 0.29) is 18.5 Å². The minimum atomic E-state index is -0.0314. The molecule has 0 spiro atoms. The monoisotopic (exact) mass is 236 g/mol. The molecule has 94 valence electrons. The van der Waals surface area contributed by atoms with Crippen molar-refractivity contribution >= 4 is 11.6 Å². The fraction of sp³-hybridized carbons (Fsp3) is 0.462. The molecular weight excluding hydrogens is 216 g/mol. The molecule has 1 atom stereocenters. The van der Waals surface area contributed by atoms with Crippen LogP contribution in [0.3, 0.4) is 0 Å². The summed E-state index contributed by atoms with van der Waals surface area (Å²) in [4.78, 5) is 11.6. The molecule has 17 heavy (non-hydrogen) atoms. The van der Waals surface area contributed by atoms with Gasteiger partial charge in [-0.25, -0.2) is 0 Å². The smallest absolute Gasteiger partial charge is 0.239 e. The third-order valence-electron chi connectivity index (χ3n) is 2.30.